The van der Waals surface area contributed by atoms with Crippen LogP contribution < -0.4 is 5.32 Å². The minimum Gasteiger partial charge on any atom is -0.330 e. The Morgan fingerprint density at radius 2 is 2.10 bits per heavy atom. The van der Waals surface area contributed by atoms with Gasteiger partial charge in [0.25, 0.3) is 5.91 Å². The molecule has 1 N–H and O–H groups in total. The molecule has 1 aliphatic heterocycles. The van der Waals surface area contributed by atoms with E-state index in [1.165, 1.54) is 4.90 Å². The van der Waals surface area contributed by atoms with Crippen molar-refractivity contribution in [3.63, 3.8) is 0 Å². The number of nitrogens with one attached hydrogen (secondary N) is 1. The Bertz CT molecular complexity index is 618. The SMILES string of the molecule is CN(C(=O)c1cnn(C)c1C1CC1)C1CCC(=O)NC1=O. The van der Waals surface area contributed by atoms with E-state index in [-0.39, 0.29) is 18.2 Å². The molecular weight excluding hydrogens is 272 g/mol. The molecule has 1 unspecified atom stereocenters. The van der Waals surface area contributed by atoms with Crippen LogP contribution in [0.25, 0.3) is 0 Å². The minimum atomic E-state index is -0.595. The number of aryl methyl sites for hydroxylation is 1. The fourth-order valence-corrected chi connectivity index (χ4v) is 2.84. The molecule has 21 heavy (non-hydrogen) atoms. The minimum absolute atomic E-state index is 0.209. The lowest BCUT2D eigenvalue weighted by molar-refractivity contribution is -0.136. The van der Waals surface area contributed by atoms with E-state index in [1.54, 1.807) is 17.9 Å². The van der Waals surface area contributed by atoms with Crippen LogP contribution in [-0.4, -0.2) is 45.5 Å². The first-order valence-electron chi connectivity index (χ1n) is 7.11. The zero-order valence-corrected chi connectivity index (χ0v) is 12.1. The van der Waals surface area contributed by atoms with E-state index < -0.39 is 11.9 Å². The number of hydrogen-bond acceptors (Lipinski definition) is 4. The summed E-state index contributed by atoms with van der Waals surface area (Å²) in [5, 5.41) is 6.45. The Kier molecular flexibility index (Phi) is 3.27. The molecule has 1 atom stereocenters. The van der Waals surface area contributed by atoms with Crippen molar-refractivity contribution in [2.24, 2.45) is 7.05 Å². The number of hydrogen-bond donors (Lipinski definition) is 1. The smallest absolute Gasteiger partial charge is 0.257 e. The van der Waals surface area contributed by atoms with Gasteiger partial charge < -0.3 is 4.90 Å². The summed E-state index contributed by atoms with van der Waals surface area (Å²) in [5.41, 5.74) is 1.51. The van der Waals surface area contributed by atoms with Gasteiger partial charge in [-0.15, -0.1) is 0 Å². The molecule has 2 fully saturated rings. The van der Waals surface area contributed by atoms with Crippen LogP contribution in [0.3, 0.4) is 0 Å². The van der Waals surface area contributed by atoms with Crippen LogP contribution >= 0.6 is 0 Å². The maximum Gasteiger partial charge on any atom is 0.257 e. The van der Waals surface area contributed by atoms with Gasteiger partial charge in [0.15, 0.2) is 0 Å². The van der Waals surface area contributed by atoms with Crippen molar-refractivity contribution in [1.82, 2.24) is 20.0 Å². The van der Waals surface area contributed by atoms with Crippen molar-refractivity contribution in [2.45, 2.75) is 37.6 Å². The topological polar surface area (TPSA) is 84.3 Å². The van der Waals surface area contributed by atoms with E-state index in [9.17, 15) is 14.4 Å². The molecule has 3 rings (SSSR count). The maximum absolute atomic E-state index is 12.6. The third kappa shape index (κ3) is 2.43. The summed E-state index contributed by atoms with van der Waals surface area (Å²) in [5.74, 6) is -0.498. The summed E-state index contributed by atoms with van der Waals surface area (Å²) in [6.07, 6.45) is 4.34. The molecular formula is C14H18N4O3. The molecule has 0 spiro atoms. The van der Waals surface area contributed by atoms with Gasteiger partial charge in [0.05, 0.1) is 17.5 Å². The molecule has 0 bridgehead atoms. The third-order valence-electron chi connectivity index (χ3n) is 4.18. The van der Waals surface area contributed by atoms with E-state index in [1.807, 2.05) is 7.05 Å². The molecule has 1 aliphatic carbocycles. The molecule has 112 valence electrons. The van der Waals surface area contributed by atoms with Gasteiger partial charge in [0.1, 0.15) is 6.04 Å². The number of likely N-dealkylation sites (N-methyl/N-ethyl adjacent to an activating group) is 1. The molecule has 1 aromatic heterocycles. The molecule has 2 aliphatic rings. The Labute approximate surface area is 122 Å². The average molecular weight is 290 g/mol. The highest BCUT2D eigenvalue weighted by molar-refractivity contribution is 6.04. The zero-order chi connectivity index (χ0) is 15.1. The number of carbonyl (C=O) groups is 3. The Morgan fingerprint density at radius 1 is 1.38 bits per heavy atom. The first-order valence-corrected chi connectivity index (χ1v) is 7.11. The van der Waals surface area contributed by atoms with Gasteiger partial charge in [-0.2, -0.15) is 5.10 Å². The summed E-state index contributed by atoms with van der Waals surface area (Å²) >= 11 is 0. The van der Waals surface area contributed by atoms with Gasteiger partial charge in [-0.3, -0.25) is 24.4 Å². The van der Waals surface area contributed by atoms with Crippen LogP contribution in [0.1, 0.15) is 47.7 Å². The normalized spacial score (nSPS) is 22.1. The van der Waals surface area contributed by atoms with E-state index >= 15 is 0 Å². The van der Waals surface area contributed by atoms with Gasteiger partial charge in [0, 0.05) is 26.4 Å². The lowest BCUT2D eigenvalue weighted by atomic mass is 10.0. The van der Waals surface area contributed by atoms with E-state index in [0.29, 0.717) is 17.9 Å². The van der Waals surface area contributed by atoms with Crippen molar-refractivity contribution >= 4 is 17.7 Å². The number of imide groups is 1. The van der Waals surface area contributed by atoms with E-state index in [0.717, 1.165) is 18.5 Å². The molecule has 1 saturated carbocycles. The van der Waals surface area contributed by atoms with Crippen molar-refractivity contribution in [3.8, 4) is 0 Å². The molecule has 0 radical (unpaired) electrons. The van der Waals surface area contributed by atoms with Crippen molar-refractivity contribution in [3.05, 3.63) is 17.5 Å². The Hall–Kier alpha value is -2.18. The second kappa shape index (κ2) is 4.98. The van der Waals surface area contributed by atoms with Crippen molar-refractivity contribution in [2.75, 3.05) is 7.05 Å². The summed E-state index contributed by atoms with van der Waals surface area (Å²) in [4.78, 5) is 37.1. The molecule has 2 heterocycles. The van der Waals surface area contributed by atoms with Gasteiger partial charge >= 0.3 is 0 Å². The van der Waals surface area contributed by atoms with Gasteiger partial charge in [-0.05, 0) is 19.3 Å². The fourth-order valence-electron chi connectivity index (χ4n) is 2.84. The summed E-state index contributed by atoms with van der Waals surface area (Å²) < 4.78 is 1.74. The highest BCUT2D eigenvalue weighted by Crippen LogP contribution is 2.41. The van der Waals surface area contributed by atoms with Crippen LogP contribution in [0.4, 0.5) is 0 Å². The average Bonchev–Trinajstić information content (AvgIpc) is 3.20. The van der Waals surface area contributed by atoms with Crippen LogP contribution in [0.5, 0.6) is 0 Å². The Balaban J connectivity index is 1.81. The van der Waals surface area contributed by atoms with Crippen LogP contribution in [0.2, 0.25) is 0 Å². The van der Waals surface area contributed by atoms with Crippen LogP contribution in [0.15, 0.2) is 6.20 Å². The highest BCUT2D eigenvalue weighted by atomic mass is 16.2. The predicted molar refractivity (Wildman–Crippen MR) is 73.4 cm³/mol. The number of aromatic nitrogens is 2. The zero-order valence-electron chi connectivity index (χ0n) is 12.1. The highest BCUT2D eigenvalue weighted by Gasteiger charge is 2.36. The van der Waals surface area contributed by atoms with E-state index in [4.69, 9.17) is 0 Å². The van der Waals surface area contributed by atoms with Gasteiger partial charge in [-0.1, -0.05) is 0 Å². The first-order chi connectivity index (χ1) is 9.99. The molecule has 7 nitrogen and oxygen atoms in total. The molecule has 1 saturated heterocycles. The van der Waals surface area contributed by atoms with Crippen LogP contribution in [-0.2, 0) is 16.6 Å². The molecule has 7 heteroatoms. The number of nitrogens with zero attached hydrogens (tertiary/aromatic N) is 3. The second-order valence-electron chi connectivity index (χ2n) is 5.72. The number of amides is 3. The maximum atomic E-state index is 12.6. The molecule has 0 aromatic carbocycles. The summed E-state index contributed by atoms with van der Waals surface area (Å²) in [6.45, 7) is 0. The summed E-state index contributed by atoms with van der Waals surface area (Å²) in [7, 11) is 3.43. The van der Waals surface area contributed by atoms with Crippen molar-refractivity contribution < 1.29 is 14.4 Å². The number of rotatable bonds is 3. The summed E-state index contributed by atoms with van der Waals surface area (Å²) in [6, 6.07) is -0.595. The third-order valence-corrected chi connectivity index (χ3v) is 4.18. The second-order valence-corrected chi connectivity index (χ2v) is 5.72. The van der Waals surface area contributed by atoms with Crippen LogP contribution in [0, 0.1) is 0 Å². The monoisotopic (exact) mass is 290 g/mol. The Morgan fingerprint density at radius 3 is 2.71 bits per heavy atom. The largest absolute Gasteiger partial charge is 0.330 e. The standard InChI is InChI=1S/C14H18N4O3/c1-17(10-5-6-11(19)16-13(10)20)14(21)9-7-15-18(2)12(9)8-3-4-8/h7-8,10H,3-6H2,1-2H3,(H,16,19,20). The number of piperidine rings is 1. The molecule has 1 aromatic rings. The van der Waals surface area contributed by atoms with Crippen molar-refractivity contribution in [1.29, 1.82) is 0 Å². The quantitative estimate of drug-likeness (QED) is 0.805. The van der Waals surface area contributed by atoms with E-state index in [2.05, 4.69) is 10.4 Å². The first kappa shape index (κ1) is 13.8. The molecule has 3 amide bonds. The number of carbonyl (C=O) groups excluding carboxylic acids is 3. The van der Waals surface area contributed by atoms with Gasteiger partial charge in [-0.25, -0.2) is 0 Å². The predicted octanol–water partition coefficient (Wildman–Crippen LogP) is 0.175. The lowest BCUT2D eigenvalue weighted by Gasteiger charge is -2.29. The lowest BCUT2D eigenvalue weighted by Crippen LogP contribution is -2.52. The fraction of sp³-hybridized carbons (Fsp3) is 0.571. The van der Waals surface area contributed by atoms with Gasteiger partial charge in [0.2, 0.25) is 11.8 Å².